The number of hydrogen-bond donors (Lipinski definition) is 0. The lowest BCUT2D eigenvalue weighted by molar-refractivity contribution is -0.274. The second-order valence-electron chi connectivity index (χ2n) is 5.78. The molecular weight excluding hydrogens is 373 g/mol. The van der Waals surface area contributed by atoms with Crippen molar-refractivity contribution in [1.29, 1.82) is 0 Å². The molecule has 0 saturated heterocycles. The van der Waals surface area contributed by atoms with Gasteiger partial charge in [-0.3, -0.25) is 4.68 Å². The monoisotopic (exact) mass is 388 g/mol. The van der Waals surface area contributed by atoms with Gasteiger partial charge >= 0.3 is 12.3 Å². The lowest BCUT2D eigenvalue weighted by Crippen LogP contribution is -2.17. The Morgan fingerprint density at radius 2 is 1.89 bits per heavy atom. The molecule has 0 unspecified atom stereocenters. The van der Waals surface area contributed by atoms with Gasteiger partial charge in [-0.2, -0.15) is 5.10 Å². The van der Waals surface area contributed by atoms with Crippen molar-refractivity contribution >= 4 is 16.9 Å². The molecule has 0 amide bonds. The molecule has 0 aliphatic carbocycles. The van der Waals surface area contributed by atoms with E-state index in [1.165, 1.54) is 31.4 Å². The van der Waals surface area contributed by atoms with E-state index >= 15 is 0 Å². The lowest BCUT2D eigenvalue weighted by Gasteiger charge is -2.10. The SMILES string of the molecule is CC#Cc1ccc(C(=O)OC)c2c1cnn2Cc1ccc(OC(F)(F)F)cc1. The number of rotatable bonds is 4. The normalized spacial score (nSPS) is 11.0. The zero-order valence-electron chi connectivity index (χ0n) is 15.0. The Morgan fingerprint density at radius 3 is 2.50 bits per heavy atom. The number of halogens is 3. The van der Waals surface area contributed by atoms with Crippen LogP contribution in [0.25, 0.3) is 10.9 Å². The summed E-state index contributed by atoms with van der Waals surface area (Å²) in [5, 5.41) is 5.01. The number of nitrogens with zero attached hydrogens (tertiary/aromatic N) is 2. The minimum Gasteiger partial charge on any atom is -0.465 e. The predicted octanol–water partition coefficient (Wildman–Crippen LogP) is 4.14. The Morgan fingerprint density at radius 1 is 1.18 bits per heavy atom. The van der Waals surface area contributed by atoms with Crippen molar-refractivity contribution < 1.29 is 27.4 Å². The first-order valence-electron chi connectivity index (χ1n) is 8.16. The van der Waals surface area contributed by atoms with Crippen LogP contribution in [0.4, 0.5) is 13.2 Å². The number of carbonyl (C=O) groups excluding carboxylic acids is 1. The molecule has 0 bridgehead atoms. The fourth-order valence-electron chi connectivity index (χ4n) is 2.81. The van der Waals surface area contributed by atoms with Crippen molar-refractivity contribution in [3.63, 3.8) is 0 Å². The second kappa shape index (κ2) is 7.64. The molecule has 5 nitrogen and oxygen atoms in total. The molecule has 0 saturated carbocycles. The number of aromatic nitrogens is 2. The molecular formula is C20H15F3N2O3. The largest absolute Gasteiger partial charge is 0.573 e. The van der Waals surface area contributed by atoms with E-state index in [-0.39, 0.29) is 12.3 Å². The third-order valence-corrected chi connectivity index (χ3v) is 3.96. The van der Waals surface area contributed by atoms with Crippen molar-refractivity contribution in [3.05, 3.63) is 59.3 Å². The Labute approximate surface area is 158 Å². The number of fused-ring (bicyclic) bond motifs is 1. The van der Waals surface area contributed by atoms with Gasteiger partial charge in [-0.05, 0) is 36.8 Å². The fraction of sp³-hybridized carbons (Fsp3) is 0.200. The maximum absolute atomic E-state index is 12.3. The second-order valence-corrected chi connectivity index (χ2v) is 5.78. The van der Waals surface area contributed by atoms with Crippen LogP contribution >= 0.6 is 0 Å². The first-order valence-corrected chi connectivity index (χ1v) is 8.16. The molecule has 28 heavy (non-hydrogen) atoms. The molecule has 2 aromatic carbocycles. The zero-order chi connectivity index (χ0) is 20.3. The summed E-state index contributed by atoms with van der Waals surface area (Å²) in [6.45, 7) is 1.94. The van der Waals surface area contributed by atoms with Crippen molar-refractivity contribution in [2.75, 3.05) is 7.11 Å². The van der Waals surface area contributed by atoms with Crippen LogP contribution in [0.2, 0.25) is 0 Å². The van der Waals surface area contributed by atoms with E-state index in [0.717, 1.165) is 0 Å². The molecule has 0 aliphatic rings. The summed E-state index contributed by atoms with van der Waals surface area (Å²) in [4.78, 5) is 12.2. The van der Waals surface area contributed by atoms with Gasteiger partial charge in [0.05, 0.1) is 30.9 Å². The van der Waals surface area contributed by atoms with E-state index in [4.69, 9.17) is 4.74 Å². The minimum absolute atomic E-state index is 0.239. The van der Waals surface area contributed by atoms with E-state index in [9.17, 15) is 18.0 Å². The van der Waals surface area contributed by atoms with E-state index < -0.39 is 12.3 Å². The molecule has 0 spiro atoms. The van der Waals surface area contributed by atoms with Crippen LogP contribution in [0.15, 0.2) is 42.6 Å². The van der Waals surface area contributed by atoms with Gasteiger partial charge in [-0.15, -0.1) is 19.1 Å². The highest BCUT2D eigenvalue weighted by atomic mass is 19.4. The molecule has 8 heteroatoms. The molecule has 1 aromatic heterocycles. The van der Waals surface area contributed by atoms with Gasteiger partial charge in [0.15, 0.2) is 0 Å². The highest BCUT2D eigenvalue weighted by molar-refractivity contribution is 6.04. The quantitative estimate of drug-likeness (QED) is 0.498. The van der Waals surface area contributed by atoms with E-state index in [2.05, 4.69) is 21.7 Å². The maximum atomic E-state index is 12.3. The van der Waals surface area contributed by atoms with Crippen molar-refractivity contribution in [3.8, 4) is 17.6 Å². The average molecular weight is 388 g/mol. The number of carbonyl (C=O) groups is 1. The first-order chi connectivity index (χ1) is 13.3. The predicted molar refractivity (Wildman–Crippen MR) is 95.9 cm³/mol. The Kier molecular flexibility index (Phi) is 5.27. The van der Waals surface area contributed by atoms with Gasteiger partial charge in [-0.1, -0.05) is 18.1 Å². The number of hydrogen-bond acceptors (Lipinski definition) is 4. The summed E-state index contributed by atoms with van der Waals surface area (Å²) >= 11 is 0. The topological polar surface area (TPSA) is 53.3 Å². The van der Waals surface area contributed by atoms with Crippen LogP contribution in [0.3, 0.4) is 0 Å². The van der Waals surface area contributed by atoms with Crippen LogP contribution in [-0.4, -0.2) is 29.2 Å². The van der Waals surface area contributed by atoms with Crippen molar-refractivity contribution in [2.45, 2.75) is 19.8 Å². The smallest absolute Gasteiger partial charge is 0.465 e. The summed E-state index contributed by atoms with van der Waals surface area (Å²) < 4.78 is 47.2. The standard InChI is InChI=1S/C20H15F3N2O3/c1-3-4-14-7-10-16(19(26)27-2)18-17(14)11-24-25(18)12-13-5-8-15(9-6-13)28-20(21,22)23/h5-11H,12H2,1-2H3. The third-order valence-electron chi connectivity index (χ3n) is 3.96. The van der Waals surface area contributed by atoms with Crippen LogP contribution in [0.5, 0.6) is 5.75 Å². The van der Waals surface area contributed by atoms with Crippen LogP contribution in [0, 0.1) is 11.8 Å². The molecule has 0 radical (unpaired) electrons. The Bertz CT molecular complexity index is 1070. The van der Waals surface area contributed by atoms with Gasteiger partial charge in [0.2, 0.25) is 0 Å². The van der Waals surface area contributed by atoms with Gasteiger partial charge in [0.1, 0.15) is 5.75 Å². The molecule has 0 aliphatic heterocycles. The van der Waals surface area contributed by atoms with Crippen LogP contribution in [0.1, 0.15) is 28.4 Å². The molecule has 1 heterocycles. The lowest BCUT2D eigenvalue weighted by atomic mass is 10.1. The summed E-state index contributed by atoms with van der Waals surface area (Å²) in [6, 6.07) is 8.80. The molecule has 0 N–H and O–H groups in total. The summed E-state index contributed by atoms with van der Waals surface area (Å²) in [7, 11) is 1.29. The van der Waals surface area contributed by atoms with E-state index in [0.29, 0.717) is 27.6 Å². The number of benzene rings is 2. The fourth-order valence-corrected chi connectivity index (χ4v) is 2.81. The van der Waals surface area contributed by atoms with Crippen LogP contribution in [-0.2, 0) is 11.3 Å². The third kappa shape index (κ3) is 4.09. The van der Waals surface area contributed by atoms with E-state index in [1.54, 1.807) is 29.9 Å². The summed E-state index contributed by atoms with van der Waals surface area (Å²) in [5.41, 5.74) is 2.27. The van der Waals surface area contributed by atoms with Crippen molar-refractivity contribution in [1.82, 2.24) is 9.78 Å². The van der Waals surface area contributed by atoms with Gasteiger partial charge < -0.3 is 9.47 Å². The number of alkyl halides is 3. The number of ether oxygens (including phenoxy) is 2. The minimum atomic E-state index is -4.74. The summed E-state index contributed by atoms with van der Waals surface area (Å²) in [5.74, 6) is 4.95. The maximum Gasteiger partial charge on any atom is 0.573 e. The zero-order valence-corrected chi connectivity index (χ0v) is 15.0. The summed E-state index contributed by atoms with van der Waals surface area (Å²) in [6.07, 6.45) is -3.14. The van der Waals surface area contributed by atoms with Crippen molar-refractivity contribution in [2.24, 2.45) is 0 Å². The number of esters is 1. The number of methoxy groups -OCH3 is 1. The first kappa shape index (κ1) is 19.3. The molecule has 0 fully saturated rings. The highest BCUT2D eigenvalue weighted by Gasteiger charge is 2.31. The molecule has 3 aromatic rings. The Hall–Kier alpha value is -3.47. The molecule has 0 atom stereocenters. The average Bonchev–Trinajstić information content (AvgIpc) is 3.06. The molecule has 144 valence electrons. The molecule has 3 rings (SSSR count). The Balaban J connectivity index is 2.00. The van der Waals surface area contributed by atoms with E-state index in [1.807, 2.05) is 0 Å². The highest BCUT2D eigenvalue weighted by Crippen LogP contribution is 2.26. The van der Waals surface area contributed by atoms with Crippen LogP contribution < -0.4 is 4.74 Å². The van der Waals surface area contributed by atoms with Gasteiger partial charge in [0.25, 0.3) is 0 Å². The van der Waals surface area contributed by atoms with Gasteiger partial charge in [0, 0.05) is 10.9 Å². The van der Waals surface area contributed by atoms with Gasteiger partial charge in [-0.25, -0.2) is 4.79 Å².